The molecule has 0 amide bonds. The van der Waals surface area contributed by atoms with Crippen LogP contribution >= 0.6 is 0 Å². The molecule has 2 aromatic carbocycles. The van der Waals surface area contributed by atoms with E-state index in [0.29, 0.717) is 12.4 Å². The molecule has 3 aromatic rings. The van der Waals surface area contributed by atoms with Crippen molar-refractivity contribution >= 4 is 0 Å². The standard InChI is InChI=1S/C21H20F3N3O2/c1-28-17-9-7-14(8-10-17)18-6-3-11-27(18)13-19-25-20(26-29-19)15-4-2-5-16(12-15)21(22,23)24/h2,4-5,7-10,12,18H,3,6,11,13H2,1H3/t18-/m1/s1. The molecule has 1 aliphatic rings. The van der Waals surface area contributed by atoms with Gasteiger partial charge in [-0.25, -0.2) is 0 Å². The van der Waals surface area contributed by atoms with Crippen LogP contribution in [0.3, 0.4) is 0 Å². The molecule has 4 rings (SSSR count). The number of nitrogens with zero attached hydrogens (tertiary/aromatic N) is 3. The lowest BCUT2D eigenvalue weighted by Gasteiger charge is -2.23. The number of rotatable bonds is 5. The Morgan fingerprint density at radius 1 is 1.17 bits per heavy atom. The second kappa shape index (κ2) is 7.87. The van der Waals surface area contributed by atoms with Gasteiger partial charge >= 0.3 is 6.18 Å². The highest BCUT2D eigenvalue weighted by Crippen LogP contribution is 2.34. The summed E-state index contributed by atoms with van der Waals surface area (Å²) in [6, 6.07) is 13.1. The zero-order chi connectivity index (χ0) is 20.4. The van der Waals surface area contributed by atoms with Gasteiger partial charge in [0.05, 0.1) is 19.2 Å². The number of halogens is 3. The maximum absolute atomic E-state index is 12.9. The molecule has 152 valence electrons. The predicted octanol–water partition coefficient (Wildman–Crippen LogP) is 5.10. The van der Waals surface area contributed by atoms with Gasteiger partial charge in [-0.1, -0.05) is 29.4 Å². The summed E-state index contributed by atoms with van der Waals surface area (Å²) in [5.41, 5.74) is 0.726. The molecule has 0 aliphatic carbocycles. The minimum atomic E-state index is -4.41. The van der Waals surface area contributed by atoms with Crippen LogP contribution in [0.1, 0.15) is 35.9 Å². The molecule has 0 unspecified atom stereocenters. The van der Waals surface area contributed by atoms with Crippen LogP contribution in [0, 0.1) is 0 Å². The van der Waals surface area contributed by atoms with E-state index in [1.807, 2.05) is 24.3 Å². The first-order valence-electron chi connectivity index (χ1n) is 9.32. The normalized spacial score (nSPS) is 17.6. The Bertz CT molecular complexity index is 970. The second-order valence-electron chi connectivity index (χ2n) is 6.99. The average molecular weight is 403 g/mol. The fraction of sp³-hybridized carbons (Fsp3) is 0.333. The molecule has 0 N–H and O–H groups in total. The summed E-state index contributed by atoms with van der Waals surface area (Å²) in [6.45, 7) is 1.33. The second-order valence-corrected chi connectivity index (χ2v) is 6.99. The van der Waals surface area contributed by atoms with E-state index in [-0.39, 0.29) is 17.4 Å². The number of methoxy groups -OCH3 is 1. The van der Waals surface area contributed by atoms with Gasteiger partial charge in [0.25, 0.3) is 0 Å². The Balaban J connectivity index is 1.50. The maximum atomic E-state index is 12.9. The molecule has 5 nitrogen and oxygen atoms in total. The summed E-state index contributed by atoms with van der Waals surface area (Å²) in [7, 11) is 1.63. The summed E-state index contributed by atoms with van der Waals surface area (Å²) >= 11 is 0. The molecule has 0 bridgehead atoms. The third-order valence-electron chi connectivity index (χ3n) is 5.12. The minimum absolute atomic E-state index is 0.159. The van der Waals surface area contributed by atoms with Crippen LogP contribution in [0.5, 0.6) is 5.75 Å². The monoisotopic (exact) mass is 403 g/mol. The van der Waals surface area contributed by atoms with Gasteiger partial charge in [0.1, 0.15) is 5.75 Å². The van der Waals surface area contributed by atoms with Crippen LogP contribution in [0.4, 0.5) is 13.2 Å². The Kier molecular flexibility index (Phi) is 5.27. The van der Waals surface area contributed by atoms with E-state index in [2.05, 4.69) is 15.0 Å². The summed E-state index contributed by atoms with van der Waals surface area (Å²) in [5.74, 6) is 1.35. The molecular weight excluding hydrogens is 383 g/mol. The van der Waals surface area contributed by atoms with Gasteiger partial charge in [0.2, 0.25) is 11.7 Å². The molecule has 0 saturated carbocycles. The van der Waals surface area contributed by atoms with E-state index in [1.165, 1.54) is 11.6 Å². The highest BCUT2D eigenvalue weighted by atomic mass is 19.4. The molecule has 1 aliphatic heterocycles. The van der Waals surface area contributed by atoms with E-state index in [1.54, 1.807) is 13.2 Å². The van der Waals surface area contributed by atoms with E-state index in [0.717, 1.165) is 37.3 Å². The lowest BCUT2D eigenvalue weighted by atomic mass is 10.0. The molecule has 0 radical (unpaired) electrons. The number of benzene rings is 2. The zero-order valence-electron chi connectivity index (χ0n) is 15.8. The van der Waals surface area contributed by atoms with Crippen molar-refractivity contribution in [2.75, 3.05) is 13.7 Å². The molecule has 1 fully saturated rings. The van der Waals surface area contributed by atoms with Crippen molar-refractivity contribution in [3.8, 4) is 17.1 Å². The van der Waals surface area contributed by atoms with Gasteiger partial charge in [0.15, 0.2) is 0 Å². The molecular formula is C21H20F3N3O2. The molecule has 1 saturated heterocycles. The summed E-state index contributed by atoms with van der Waals surface area (Å²) in [6.07, 6.45) is -2.35. The smallest absolute Gasteiger partial charge is 0.416 e. The number of ether oxygens (including phenoxy) is 1. The van der Waals surface area contributed by atoms with Gasteiger partial charge in [-0.3, -0.25) is 4.90 Å². The fourth-order valence-electron chi connectivity index (χ4n) is 3.66. The van der Waals surface area contributed by atoms with Crippen molar-refractivity contribution in [2.45, 2.75) is 31.6 Å². The lowest BCUT2D eigenvalue weighted by Crippen LogP contribution is -2.22. The number of aromatic nitrogens is 2. The van der Waals surface area contributed by atoms with Crippen LogP contribution in [0.15, 0.2) is 53.1 Å². The SMILES string of the molecule is COc1ccc([C@H]2CCCN2Cc2nc(-c3cccc(C(F)(F)F)c3)no2)cc1. The molecule has 29 heavy (non-hydrogen) atoms. The van der Waals surface area contributed by atoms with Crippen molar-refractivity contribution in [1.82, 2.24) is 15.0 Å². The van der Waals surface area contributed by atoms with E-state index in [4.69, 9.17) is 9.26 Å². The van der Waals surface area contributed by atoms with Crippen LogP contribution in [0.25, 0.3) is 11.4 Å². The van der Waals surface area contributed by atoms with Crippen molar-refractivity contribution in [1.29, 1.82) is 0 Å². The van der Waals surface area contributed by atoms with E-state index < -0.39 is 11.7 Å². The average Bonchev–Trinajstić information content (AvgIpc) is 3.38. The topological polar surface area (TPSA) is 51.4 Å². The van der Waals surface area contributed by atoms with E-state index in [9.17, 15) is 13.2 Å². The fourth-order valence-corrected chi connectivity index (χ4v) is 3.66. The quantitative estimate of drug-likeness (QED) is 0.593. The third kappa shape index (κ3) is 4.27. The first-order valence-corrected chi connectivity index (χ1v) is 9.32. The number of hydrogen-bond acceptors (Lipinski definition) is 5. The van der Waals surface area contributed by atoms with Crippen molar-refractivity contribution in [2.24, 2.45) is 0 Å². The van der Waals surface area contributed by atoms with Crippen molar-refractivity contribution in [3.05, 3.63) is 65.5 Å². The molecule has 0 spiro atoms. The highest BCUT2D eigenvalue weighted by molar-refractivity contribution is 5.55. The van der Waals surface area contributed by atoms with Crippen LogP contribution in [-0.2, 0) is 12.7 Å². The third-order valence-corrected chi connectivity index (χ3v) is 5.12. The van der Waals surface area contributed by atoms with Gasteiger partial charge in [0, 0.05) is 11.6 Å². The van der Waals surface area contributed by atoms with Crippen LogP contribution in [-0.4, -0.2) is 28.7 Å². The van der Waals surface area contributed by atoms with Gasteiger partial charge in [-0.2, -0.15) is 18.2 Å². The van der Waals surface area contributed by atoms with Crippen LogP contribution < -0.4 is 4.74 Å². The Labute approximate surface area is 166 Å². The first-order chi connectivity index (χ1) is 13.9. The van der Waals surface area contributed by atoms with Crippen molar-refractivity contribution in [3.63, 3.8) is 0 Å². The number of hydrogen-bond donors (Lipinski definition) is 0. The van der Waals surface area contributed by atoms with Gasteiger partial charge in [-0.15, -0.1) is 0 Å². The Morgan fingerprint density at radius 3 is 2.69 bits per heavy atom. The molecule has 1 atom stereocenters. The molecule has 2 heterocycles. The van der Waals surface area contributed by atoms with Crippen molar-refractivity contribution < 1.29 is 22.4 Å². The summed E-state index contributed by atoms with van der Waals surface area (Å²) in [4.78, 5) is 6.56. The molecule has 1 aromatic heterocycles. The first kappa shape index (κ1) is 19.4. The Morgan fingerprint density at radius 2 is 1.97 bits per heavy atom. The molecule has 8 heteroatoms. The number of likely N-dealkylation sites (tertiary alicyclic amines) is 1. The summed E-state index contributed by atoms with van der Waals surface area (Å²) in [5, 5.41) is 3.88. The maximum Gasteiger partial charge on any atom is 0.416 e. The zero-order valence-corrected chi connectivity index (χ0v) is 15.8. The Hall–Kier alpha value is -2.87. The van der Waals surface area contributed by atoms with E-state index >= 15 is 0 Å². The number of alkyl halides is 3. The highest BCUT2D eigenvalue weighted by Gasteiger charge is 2.31. The largest absolute Gasteiger partial charge is 0.497 e. The minimum Gasteiger partial charge on any atom is -0.497 e. The van der Waals surface area contributed by atoms with Crippen LogP contribution in [0.2, 0.25) is 0 Å². The summed E-state index contributed by atoms with van der Waals surface area (Å²) < 4.78 is 49.3. The predicted molar refractivity (Wildman–Crippen MR) is 100 cm³/mol. The van der Waals surface area contributed by atoms with Gasteiger partial charge in [-0.05, 0) is 49.2 Å². The van der Waals surface area contributed by atoms with Gasteiger partial charge < -0.3 is 9.26 Å². The lowest BCUT2D eigenvalue weighted by molar-refractivity contribution is -0.137.